The summed E-state index contributed by atoms with van der Waals surface area (Å²) >= 11 is 6.04. The molecule has 0 bridgehead atoms. The number of halogens is 1. The Bertz CT molecular complexity index is 782. The lowest BCUT2D eigenvalue weighted by molar-refractivity contribution is -0.158. The molecule has 1 amide bonds. The van der Waals surface area contributed by atoms with Crippen molar-refractivity contribution in [3.63, 3.8) is 0 Å². The van der Waals surface area contributed by atoms with E-state index in [9.17, 15) is 14.4 Å². The average molecular weight is 422 g/mol. The van der Waals surface area contributed by atoms with Crippen LogP contribution in [0.1, 0.15) is 31.4 Å². The van der Waals surface area contributed by atoms with Crippen LogP contribution in [0.15, 0.2) is 40.5 Å². The topological polar surface area (TPSA) is 109 Å². The van der Waals surface area contributed by atoms with Crippen molar-refractivity contribution in [2.75, 3.05) is 7.11 Å². The number of esters is 2. The van der Waals surface area contributed by atoms with E-state index in [0.29, 0.717) is 13.1 Å². The number of hydrogen-bond donors (Lipinski definition) is 1. The summed E-state index contributed by atoms with van der Waals surface area (Å²) in [5, 5.41) is 7.12. The number of methoxy groups -OCH3 is 1. The number of rotatable bonds is 6. The molecule has 0 aliphatic carbocycles. The van der Waals surface area contributed by atoms with Crippen molar-refractivity contribution >= 4 is 41.9 Å². The molecule has 0 spiro atoms. The third-order valence-electron chi connectivity index (χ3n) is 3.78. The third-order valence-corrected chi connectivity index (χ3v) is 4.03. The summed E-state index contributed by atoms with van der Waals surface area (Å²) in [6.07, 6.45) is 2.65. The summed E-state index contributed by atoms with van der Waals surface area (Å²) in [5.74, 6) is -1.08. The highest BCUT2D eigenvalue weighted by atomic mass is 35.5. The second-order valence-corrected chi connectivity index (χ2v) is 6.49. The predicted octanol–water partition coefficient (Wildman–Crippen LogP) is 2.83. The summed E-state index contributed by atoms with van der Waals surface area (Å²) in [5.41, 5.74) is 2.18. The van der Waals surface area contributed by atoms with Gasteiger partial charge in [0.2, 0.25) is 0 Å². The highest BCUT2D eigenvalue weighted by Gasteiger charge is 2.31. The van der Waals surface area contributed by atoms with Crippen LogP contribution in [0.5, 0.6) is 0 Å². The molecule has 9 heteroatoms. The molecule has 1 N–H and O–H groups in total. The van der Waals surface area contributed by atoms with Crippen LogP contribution >= 0.6 is 11.6 Å². The van der Waals surface area contributed by atoms with E-state index in [2.05, 4.69) is 9.73 Å². The minimum absolute atomic E-state index is 0.0438. The van der Waals surface area contributed by atoms with Gasteiger partial charge in [-0.2, -0.15) is 0 Å². The van der Waals surface area contributed by atoms with Gasteiger partial charge in [0.25, 0.3) is 5.91 Å². The Labute approximate surface area is 174 Å². The van der Waals surface area contributed by atoms with Crippen molar-refractivity contribution in [2.24, 2.45) is 4.99 Å². The normalized spacial score (nSPS) is 13.8. The lowest BCUT2D eigenvalue weighted by Gasteiger charge is -2.22. The maximum Gasteiger partial charge on any atom is 0.303 e. The fourth-order valence-electron chi connectivity index (χ4n) is 2.47. The first-order chi connectivity index (χ1) is 13.8. The number of nitrogens with one attached hydrogen (secondary N) is 1. The van der Waals surface area contributed by atoms with Gasteiger partial charge in [0.05, 0.1) is 7.11 Å². The molecule has 1 aromatic carbocycles. The fraction of sp³-hybridized carbons (Fsp3) is 0.350. The third kappa shape index (κ3) is 8.69. The molecule has 8 nitrogen and oxygen atoms in total. The maximum atomic E-state index is 12.7. The van der Waals surface area contributed by atoms with Gasteiger partial charge in [-0.25, -0.2) is 0 Å². The number of hydrogen-bond acceptors (Lipinski definition) is 7. The fourth-order valence-corrected chi connectivity index (χ4v) is 2.67. The molecule has 1 aliphatic heterocycles. The molecule has 0 unspecified atom stereocenters. The smallest absolute Gasteiger partial charge is 0.303 e. The highest BCUT2D eigenvalue weighted by Crippen LogP contribution is 2.25. The molecule has 1 atom stereocenters. The van der Waals surface area contributed by atoms with Crippen LogP contribution in [0.2, 0.25) is 0 Å². The van der Waals surface area contributed by atoms with E-state index in [4.69, 9.17) is 21.7 Å². The van der Waals surface area contributed by atoms with Gasteiger partial charge < -0.3 is 19.8 Å². The Hall–Kier alpha value is -3.00. The molecule has 0 aromatic heterocycles. The second-order valence-electron chi connectivity index (χ2n) is 6.00. The molecular formula is C20H24ClN3O5. The molecule has 1 heterocycles. The standard InChI is InChI=1S/C17H18ClN3O3.C3H6O2/c1-12(22)24-16(8-15(18)9-20-7-6-19)17(23)21-10-13-4-2-3-5-14(13)11-21;1-3(4)5-2/h2-7,9,16,19H,8,10-11H2,1H3;1-2H3/b15-9+,19-6?,20-7?;/t16-;/m1./s1. The Morgan fingerprint density at radius 2 is 1.76 bits per heavy atom. The first-order valence-corrected chi connectivity index (χ1v) is 9.10. The van der Waals surface area contributed by atoms with Gasteiger partial charge in [0.15, 0.2) is 6.10 Å². The van der Waals surface area contributed by atoms with Crippen LogP contribution in [0.4, 0.5) is 0 Å². The van der Waals surface area contributed by atoms with E-state index in [1.54, 1.807) is 4.90 Å². The van der Waals surface area contributed by atoms with Crippen LogP contribution in [0, 0.1) is 5.41 Å². The highest BCUT2D eigenvalue weighted by molar-refractivity contribution is 6.29. The number of nitrogens with zero attached hydrogens (tertiary/aromatic N) is 2. The number of carbonyl (C=O) groups excluding carboxylic acids is 3. The minimum Gasteiger partial charge on any atom is -0.469 e. The Balaban J connectivity index is 0.000000749. The number of ether oxygens (including phenoxy) is 2. The van der Waals surface area contributed by atoms with Gasteiger partial charge in [0.1, 0.15) is 0 Å². The Morgan fingerprint density at radius 3 is 2.21 bits per heavy atom. The largest absolute Gasteiger partial charge is 0.469 e. The zero-order chi connectivity index (χ0) is 21.8. The minimum atomic E-state index is -0.990. The molecule has 29 heavy (non-hydrogen) atoms. The van der Waals surface area contributed by atoms with Gasteiger partial charge >= 0.3 is 11.9 Å². The summed E-state index contributed by atoms with van der Waals surface area (Å²) in [7, 11) is 1.35. The molecular weight excluding hydrogens is 398 g/mol. The number of aliphatic imine (C=N–C) groups is 1. The summed E-state index contributed by atoms with van der Waals surface area (Å²) < 4.78 is 9.26. The van der Waals surface area contributed by atoms with Crippen LogP contribution in [-0.4, -0.2) is 48.4 Å². The first-order valence-electron chi connectivity index (χ1n) is 8.72. The van der Waals surface area contributed by atoms with Crippen LogP contribution in [0.3, 0.4) is 0 Å². The van der Waals surface area contributed by atoms with Gasteiger partial charge in [-0.3, -0.25) is 19.4 Å². The van der Waals surface area contributed by atoms with Crippen LogP contribution in [-0.2, 0) is 36.9 Å². The monoisotopic (exact) mass is 421 g/mol. The summed E-state index contributed by atoms with van der Waals surface area (Å²) in [4.78, 5) is 39.0. The number of fused-ring (bicyclic) bond motifs is 1. The van der Waals surface area contributed by atoms with Crippen molar-refractivity contribution in [3.8, 4) is 0 Å². The molecule has 0 radical (unpaired) electrons. The molecule has 1 aromatic rings. The maximum absolute atomic E-state index is 12.7. The van der Waals surface area contributed by atoms with Gasteiger partial charge in [0, 0.05) is 57.0 Å². The number of carbonyl (C=O) groups is 3. The van der Waals surface area contributed by atoms with E-state index < -0.39 is 12.1 Å². The molecule has 156 valence electrons. The Kier molecular flexibility index (Phi) is 10.3. The second kappa shape index (κ2) is 12.5. The van der Waals surface area contributed by atoms with Crippen molar-refractivity contribution in [3.05, 3.63) is 46.6 Å². The zero-order valence-electron chi connectivity index (χ0n) is 16.6. The van der Waals surface area contributed by atoms with E-state index in [1.807, 2.05) is 24.3 Å². The van der Waals surface area contributed by atoms with Crippen LogP contribution in [0.25, 0.3) is 0 Å². The number of benzene rings is 1. The van der Waals surface area contributed by atoms with E-state index in [0.717, 1.165) is 17.3 Å². The Morgan fingerprint density at radius 1 is 1.21 bits per heavy atom. The van der Waals surface area contributed by atoms with Crippen molar-refractivity contribution < 1.29 is 23.9 Å². The quantitative estimate of drug-likeness (QED) is 0.561. The van der Waals surface area contributed by atoms with Crippen LogP contribution < -0.4 is 0 Å². The van der Waals surface area contributed by atoms with Gasteiger partial charge in [-0.1, -0.05) is 35.9 Å². The van der Waals surface area contributed by atoms with E-state index in [-0.39, 0.29) is 23.3 Å². The molecule has 0 saturated carbocycles. The summed E-state index contributed by atoms with van der Waals surface area (Å²) in [6, 6.07) is 7.80. The SMILES string of the molecule is CC(=O)O[C@H](C/C(Cl)=C\N=CC=N)C(=O)N1Cc2ccccc2C1.COC(C)=O. The van der Waals surface area contributed by atoms with Gasteiger partial charge in [-0.05, 0) is 11.1 Å². The van der Waals surface area contributed by atoms with Gasteiger partial charge in [-0.15, -0.1) is 0 Å². The van der Waals surface area contributed by atoms with E-state index in [1.165, 1.54) is 33.4 Å². The van der Waals surface area contributed by atoms with Crippen molar-refractivity contribution in [1.82, 2.24) is 4.90 Å². The lowest BCUT2D eigenvalue weighted by atomic mass is 10.1. The summed E-state index contributed by atoms with van der Waals surface area (Å²) in [6.45, 7) is 3.59. The molecule has 0 fully saturated rings. The number of amides is 1. The first kappa shape index (κ1) is 24.0. The average Bonchev–Trinajstić information content (AvgIpc) is 3.11. The van der Waals surface area contributed by atoms with E-state index >= 15 is 0 Å². The zero-order valence-corrected chi connectivity index (χ0v) is 17.3. The molecule has 1 aliphatic rings. The molecule has 2 rings (SSSR count). The predicted molar refractivity (Wildman–Crippen MR) is 110 cm³/mol. The van der Waals surface area contributed by atoms with Crippen molar-refractivity contribution in [2.45, 2.75) is 39.5 Å². The molecule has 0 saturated heterocycles. The lowest BCUT2D eigenvalue weighted by Crippen LogP contribution is -2.38. The van der Waals surface area contributed by atoms with Crippen molar-refractivity contribution in [1.29, 1.82) is 5.41 Å².